The summed E-state index contributed by atoms with van der Waals surface area (Å²) in [5, 5.41) is 11.9. The Morgan fingerprint density at radius 3 is 2.62 bits per heavy atom. The summed E-state index contributed by atoms with van der Waals surface area (Å²) >= 11 is 0. The molecule has 8 heteroatoms. The van der Waals surface area contributed by atoms with Gasteiger partial charge in [-0.3, -0.25) is 9.69 Å². The van der Waals surface area contributed by atoms with E-state index in [2.05, 4.69) is 5.32 Å². The first-order valence-electron chi connectivity index (χ1n) is 8.38. The number of rotatable bonds is 11. The summed E-state index contributed by atoms with van der Waals surface area (Å²) in [5.41, 5.74) is 0. The van der Waals surface area contributed by atoms with E-state index in [9.17, 15) is 19.5 Å². The van der Waals surface area contributed by atoms with Crippen molar-refractivity contribution < 1.29 is 29.0 Å². The van der Waals surface area contributed by atoms with E-state index >= 15 is 0 Å². The molecule has 24 heavy (non-hydrogen) atoms. The van der Waals surface area contributed by atoms with Crippen LogP contribution in [0.15, 0.2) is 0 Å². The predicted molar refractivity (Wildman–Crippen MR) is 86.9 cm³/mol. The zero-order valence-corrected chi connectivity index (χ0v) is 14.2. The molecule has 0 aromatic heterocycles. The Kier molecular flexibility index (Phi) is 10.0. The van der Waals surface area contributed by atoms with Gasteiger partial charge in [-0.25, -0.2) is 4.79 Å². The van der Waals surface area contributed by atoms with Gasteiger partial charge in [0, 0.05) is 20.1 Å². The number of hydrogen-bond acceptors (Lipinski definition) is 6. The van der Waals surface area contributed by atoms with Gasteiger partial charge in [-0.15, -0.1) is 0 Å². The number of amides is 1. The number of carbonyl (C=O) groups is 3. The summed E-state index contributed by atoms with van der Waals surface area (Å²) in [6.45, 7) is 2.62. The molecule has 8 nitrogen and oxygen atoms in total. The molecule has 1 heterocycles. The summed E-state index contributed by atoms with van der Waals surface area (Å²) in [6, 6.07) is -0.584. The number of carbonyl (C=O) groups excluding carboxylic acids is 2. The molecule has 0 saturated carbocycles. The first-order valence-corrected chi connectivity index (χ1v) is 8.38. The molecule has 1 fully saturated rings. The molecule has 0 aromatic rings. The topological polar surface area (TPSA) is 105 Å². The zero-order chi connectivity index (χ0) is 17.8. The maximum atomic E-state index is 11.4. The fraction of sp³-hybridized carbons (Fsp3) is 0.812. The quantitative estimate of drug-likeness (QED) is 0.424. The second-order valence-electron chi connectivity index (χ2n) is 5.92. The minimum absolute atomic E-state index is 0.267. The molecule has 1 aliphatic heterocycles. The van der Waals surface area contributed by atoms with E-state index in [1.54, 1.807) is 7.11 Å². The van der Waals surface area contributed by atoms with Crippen LogP contribution in [0, 0.1) is 5.92 Å². The van der Waals surface area contributed by atoms with Crippen molar-refractivity contribution in [3.63, 3.8) is 0 Å². The molecule has 0 spiro atoms. The normalized spacial score (nSPS) is 17.2. The third-order valence-electron chi connectivity index (χ3n) is 4.27. The number of aliphatic carboxylic acids is 1. The average molecular weight is 344 g/mol. The maximum Gasteiger partial charge on any atom is 0.407 e. The van der Waals surface area contributed by atoms with Crippen molar-refractivity contribution in [3.05, 3.63) is 0 Å². The molecule has 1 atom stereocenters. The Hall–Kier alpha value is -1.67. The summed E-state index contributed by atoms with van der Waals surface area (Å²) in [5.74, 6) is -0.445. The van der Waals surface area contributed by atoms with E-state index < -0.39 is 18.1 Å². The summed E-state index contributed by atoms with van der Waals surface area (Å²) in [4.78, 5) is 35.1. The molecule has 1 amide bonds. The fourth-order valence-corrected chi connectivity index (χ4v) is 2.87. The van der Waals surface area contributed by atoms with Crippen LogP contribution in [0.1, 0.15) is 32.1 Å². The van der Waals surface area contributed by atoms with Gasteiger partial charge in [-0.2, -0.15) is 0 Å². The van der Waals surface area contributed by atoms with Gasteiger partial charge in [0.15, 0.2) is 0 Å². The van der Waals surface area contributed by atoms with Crippen LogP contribution in [0.2, 0.25) is 0 Å². The van der Waals surface area contributed by atoms with E-state index in [0.29, 0.717) is 45.2 Å². The van der Waals surface area contributed by atoms with Crippen molar-refractivity contribution in [3.8, 4) is 0 Å². The number of alkyl carbamates (subject to hydrolysis) is 1. The number of piperidine rings is 1. The van der Waals surface area contributed by atoms with Crippen LogP contribution < -0.4 is 5.32 Å². The molecule has 1 rings (SSSR count). The van der Waals surface area contributed by atoms with Gasteiger partial charge < -0.3 is 24.7 Å². The van der Waals surface area contributed by atoms with Crippen LogP contribution in [0.25, 0.3) is 0 Å². The van der Waals surface area contributed by atoms with Crippen LogP contribution in [0.3, 0.4) is 0 Å². The lowest BCUT2D eigenvalue weighted by Gasteiger charge is -2.35. The van der Waals surface area contributed by atoms with Crippen molar-refractivity contribution in [1.82, 2.24) is 10.2 Å². The highest BCUT2D eigenvalue weighted by Crippen LogP contribution is 2.23. The first-order chi connectivity index (χ1) is 11.6. The standard InChI is InChI=1S/C16H28N2O6/c1-23-12-7-17-16(22)24-11-6-13-4-8-18(9-5-13)14(15(20)21)3-2-10-19/h10,13-14H,2-9,11-12H2,1H3,(H,17,22)(H,20,21). The largest absolute Gasteiger partial charge is 0.480 e. The van der Waals surface area contributed by atoms with E-state index in [4.69, 9.17) is 9.47 Å². The smallest absolute Gasteiger partial charge is 0.407 e. The van der Waals surface area contributed by atoms with Crippen LogP contribution >= 0.6 is 0 Å². The van der Waals surface area contributed by atoms with Crippen molar-refractivity contribution in [2.75, 3.05) is 40.0 Å². The van der Waals surface area contributed by atoms with Crippen LogP contribution in [0.4, 0.5) is 4.79 Å². The molecular weight excluding hydrogens is 316 g/mol. The van der Waals surface area contributed by atoms with Gasteiger partial charge in [0.1, 0.15) is 12.3 Å². The molecule has 0 aliphatic carbocycles. The number of nitrogens with one attached hydrogen (secondary N) is 1. The van der Waals surface area contributed by atoms with Crippen molar-refractivity contribution in [2.45, 2.75) is 38.1 Å². The van der Waals surface area contributed by atoms with Crippen molar-refractivity contribution in [2.24, 2.45) is 5.92 Å². The number of carboxylic acid groups (broad SMARTS) is 1. The molecular formula is C16H28N2O6. The molecule has 2 N–H and O–H groups in total. The van der Waals surface area contributed by atoms with Gasteiger partial charge in [0.25, 0.3) is 0 Å². The molecule has 0 aromatic carbocycles. The number of nitrogens with zero attached hydrogens (tertiary/aromatic N) is 1. The Balaban J connectivity index is 2.21. The predicted octanol–water partition coefficient (Wildman–Crippen LogP) is 0.893. The lowest BCUT2D eigenvalue weighted by molar-refractivity contribution is -0.144. The Morgan fingerprint density at radius 2 is 2.04 bits per heavy atom. The Labute approximate surface area is 142 Å². The first kappa shape index (κ1) is 20.4. The van der Waals surface area contributed by atoms with Gasteiger partial charge in [0.2, 0.25) is 0 Å². The lowest BCUT2D eigenvalue weighted by Crippen LogP contribution is -2.45. The number of carboxylic acids is 1. The minimum atomic E-state index is -0.869. The second kappa shape index (κ2) is 11.8. The molecule has 0 bridgehead atoms. The van der Waals surface area contributed by atoms with Crippen LogP contribution in [0.5, 0.6) is 0 Å². The fourth-order valence-electron chi connectivity index (χ4n) is 2.87. The molecule has 138 valence electrons. The Bertz CT molecular complexity index is 396. The second-order valence-corrected chi connectivity index (χ2v) is 5.92. The van der Waals surface area contributed by atoms with E-state index in [1.165, 1.54) is 0 Å². The highest BCUT2D eigenvalue weighted by atomic mass is 16.5. The minimum Gasteiger partial charge on any atom is -0.480 e. The van der Waals surface area contributed by atoms with E-state index in [0.717, 1.165) is 25.5 Å². The van der Waals surface area contributed by atoms with Crippen LogP contribution in [-0.2, 0) is 19.1 Å². The molecule has 1 saturated heterocycles. The Morgan fingerprint density at radius 1 is 1.33 bits per heavy atom. The molecule has 1 unspecified atom stereocenters. The summed E-state index contributed by atoms with van der Waals surface area (Å²) < 4.78 is 9.93. The highest BCUT2D eigenvalue weighted by Gasteiger charge is 2.29. The van der Waals surface area contributed by atoms with Gasteiger partial charge in [-0.05, 0) is 44.7 Å². The number of aldehydes is 1. The molecule has 1 aliphatic rings. The average Bonchev–Trinajstić information content (AvgIpc) is 2.56. The third kappa shape index (κ3) is 7.74. The third-order valence-corrected chi connectivity index (χ3v) is 4.27. The van der Waals surface area contributed by atoms with Gasteiger partial charge in [0.05, 0.1) is 13.2 Å². The number of ether oxygens (including phenoxy) is 2. The lowest BCUT2D eigenvalue weighted by atomic mass is 9.92. The van der Waals surface area contributed by atoms with Gasteiger partial charge in [-0.1, -0.05) is 0 Å². The zero-order valence-electron chi connectivity index (χ0n) is 14.2. The SMILES string of the molecule is COCCNC(=O)OCCC1CCN(C(CCC=O)C(=O)O)CC1. The highest BCUT2D eigenvalue weighted by molar-refractivity contribution is 5.74. The number of methoxy groups -OCH3 is 1. The van der Waals surface area contributed by atoms with E-state index in [-0.39, 0.29) is 6.42 Å². The maximum absolute atomic E-state index is 11.4. The van der Waals surface area contributed by atoms with Crippen molar-refractivity contribution >= 4 is 18.3 Å². The van der Waals surface area contributed by atoms with E-state index in [1.807, 2.05) is 4.90 Å². The number of likely N-dealkylation sites (tertiary alicyclic amines) is 1. The van der Waals surface area contributed by atoms with Gasteiger partial charge >= 0.3 is 12.1 Å². The van der Waals surface area contributed by atoms with Crippen molar-refractivity contribution in [1.29, 1.82) is 0 Å². The van der Waals surface area contributed by atoms with Crippen LogP contribution in [-0.4, -0.2) is 74.4 Å². The number of hydrogen-bond donors (Lipinski definition) is 2. The summed E-state index contributed by atoms with van der Waals surface area (Å²) in [7, 11) is 1.56. The molecule has 0 radical (unpaired) electrons. The summed E-state index contributed by atoms with van der Waals surface area (Å²) in [6.07, 6.45) is 3.47. The monoisotopic (exact) mass is 344 g/mol.